The zero-order valence-corrected chi connectivity index (χ0v) is 14.6. The highest BCUT2D eigenvalue weighted by molar-refractivity contribution is 6.30. The number of hydrogen-bond donors (Lipinski definition) is 1. The van der Waals surface area contributed by atoms with Gasteiger partial charge >= 0.3 is 12.2 Å². The molecular formula is C18H13ClF3N3O2. The SMILES string of the molecule is O=C1NC2(CCc3cc(Cl)ccc32)C(=O)N1Cc1cccnc1C(F)(F)F. The van der Waals surface area contributed by atoms with E-state index in [9.17, 15) is 22.8 Å². The van der Waals surface area contributed by atoms with Crippen molar-refractivity contribution in [1.82, 2.24) is 15.2 Å². The van der Waals surface area contributed by atoms with Crippen molar-refractivity contribution in [3.8, 4) is 0 Å². The number of aryl methyl sites for hydroxylation is 1. The second kappa shape index (κ2) is 5.95. The third-order valence-corrected chi connectivity index (χ3v) is 5.20. The van der Waals surface area contributed by atoms with Crippen molar-refractivity contribution in [1.29, 1.82) is 0 Å². The second-order valence-electron chi connectivity index (χ2n) is 6.54. The highest BCUT2D eigenvalue weighted by atomic mass is 35.5. The molecule has 1 aliphatic heterocycles. The summed E-state index contributed by atoms with van der Waals surface area (Å²) in [5, 5.41) is 3.19. The number of benzene rings is 1. The lowest BCUT2D eigenvalue weighted by Gasteiger charge is -2.22. The van der Waals surface area contributed by atoms with Crippen molar-refractivity contribution in [3.05, 3.63) is 63.9 Å². The first-order valence-corrected chi connectivity index (χ1v) is 8.54. The van der Waals surface area contributed by atoms with Crippen molar-refractivity contribution in [3.63, 3.8) is 0 Å². The number of alkyl halides is 3. The fraction of sp³-hybridized carbons (Fsp3) is 0.278. The summed E-state index contributed by atoms with van der Waals surface area (Å²) < 4.78 is 39.5. The molecule has 0 saturated carbocycles. The second-order valence-corrected chi connectivity index (χ2v) is 6.97. The van der Waals surface area contributed by atoms with Crippen molar-refractivity contribution < 1.29 is 22.8 Å². The Morgan fingerprint density at radius 3 is 2.78 bits per heavy atom. The van der Waals surface area contributed by atoms with Crippen LogP contribution in [0.4, 0.5) is 18.0 Å². The highest BCUT2D eigenvalue weighted by Gasteiger charge is 2.55. The predicted molar refractivity (Wildman–Crippen MR) is 89.8 cm³/mol. The third-order valence-electron chi connectivity index (χ3n) is 4.96. The summed E-state index contributed by atoms with van der Waals surface area (Å²) in [5.41, 5.74) is -1.12. The number of aromatic nitrogens is 1. The maximum absolute atomic E-state index is 13.2. The van der Waals surface area contributed by atoms with Gasteiger partial charge in [-0.15, -0.1) is 0 Å². The minimum atomic E-state index is -4.68. The summed E-state index contributed by atoms with van der Waals surface area (Å²) in [6, 6.07) is 6.86. The van der Waals surface area contributed by atoms with Crippen molar-refractivity contribution in [2.45, 2.75) is 31.1 Å². The minimum Gasteiger partial charge on any atom is -0.319 e. The third kappa shape index (κ3) is 2.75. The number of urea groups is 1. The number of pyridine rings is 1. The fourth-order valence-corrected chi connectivity index (χ4v) is 3.95. The van der Waals surface area contributed by atoms with Crippen LogP contribution in [-0.4, -0.2) is 21.8 Å². The Morgan fingerprint density at radius 2 is 2.04 bits per heavy atom. The van der Waals surface area contributed by atoms with Gasteiger partial charge in [0.2, 0.25) is 0 Å². The van der Waals surface area contributed by atoms with Crippen LogP contribution in [0.25, 0.3) is 0 Å². The van der Waals surface area contributed by atoms with Crippen LogP contribution in [0.3, 0.4) is 0 Å². The van der Waals surface area contributed by atoms with Crippen molar-refractivity contribution in [2.24, 2.45) is 0 Å². The quantitative estimate of drug-likeness (QED) is 0.789. The molecule has 4 rings (SSSR count). The first kappa shape index (κ1) is 17.8. The van der Waals surface area contributed by atoms with E-state index in [1.807, 2.05) is 0 Å². The lowest BCUT2D eigenvalue weighted by Crippen LogP contribution is -2.41. The summed E-state index contributed by atoms with van der Waals surface area (Å²) in [7, 11) is 0. The number of hydrogen-bond acceptors (Lipinski definition) is 3. The number of nitrogens with zero attached hydrogens (tertiary/aromatic N) is 2. The van der Waals surface area contributed by atoms with Gasteiger partial charge in [0.05, 0.1) is 6.54 Å². The Morgan fingerprint density at radius 1 is 1.26 bits per heavy atom. The predicted octanol–water partition coefficient (Wildman–Crippen LogP) is 3.65. The van der Waals surface area contributed by atoms with Crippen LogP contribution in [0.1, 0.15) is 28.8 Å². The van der Waals surface area contributed by atoms with Gasteiger partial charge in [-0.3, -0.25) is 14.7 Å². The number of amides is 3. The summed E-state index contributed by atoms with van der Waals surface area (Å²) in [5.74, 6) is -0.564. The van der Waals surface area contributed by atoms with Gasteiger partial charge in [0.25, 0.3) is 5.91 Å². The highest BCUT2D eigenvalue weighted by Crippen LogP contribution is 2.43. The molecule has 27 heavy (non-hydrogen) atoms. The number of rotatable bonds is 2. The Kier molecular flexibility index (Phi) is 3.92. The molecule has 140 valence electrons. The van der Waals surface area contributed by atoms with E-state index in [0.29, 0.717) is 23.4 Å². The Bertz CT molecular complexity index is 963. The molecule has 1 N–H and O–H groups in total. The van der Waals surface area contributed by atoms with Gasteiger partial charge in [-0.1, -0.05) is 23.7 Å². The van der Waals surface area contributed by atoms with Gasteiger partial charge in [0, 0.05) is 16.8 Å². The van der Waals surface area contributed by atoms with Crippen molar-refractivity contribution >= 4 is 23.5 Å². The molecule has 1 aliphatic carbocycles. The monoisotopic (exact) mass is 395 g/mol. The number of carbonyl (C=O) groups is 2. The van der Waals surface area contributed by atoms with Crippen LogP contribution in [0.5, 0.6) is 0 Å². The molecule has 1 aromatic carbocycles. The number of imide groups is 1. The molecule has 9 heteroatoms. The summed E-state index contributed by atoms with van der Waals surface area (Å²) in [4.78, 5) is 29.7. The van der Waals surface area contributed by atoms with Crippen LogP contribution < -0.4 is 5.32 Å². The van der Waals surface area contributed by atoms with E-state index in [-0.39, 0.29) is 5.56 Å². The summed E-state index contributed by atoms with van der Waals surface area (Å²) in [6.45, 7) is -0.502. The Labute approximate surface area is 157 Å². The van der Waals surface area contributed by atoms with Gasteiger partial charge in [-0.2, -0.15) is 13.2 Å². The molecule has 5 nitrogen and oxygen atoms in total. The number of carbonyl (C=O) groups excluding carboxylic acids is 2. The summed E-state index contributed by atoms with van der Waals surface area (Å²) in [6.07, 6.45) is -2.78. The molecule has 3 amide bonds. The van der Waals surface area contributed by atoms with Crippen LogP contribution in [-0.2, 0) is 29.5 Å². The van der Waals surface area contributed by atoms with E-state index < -0.39 is 35.9 Å². The maximum Gasteiger partial charge on any atom is 0.433 e. The molecule has 2 aliphatic rings. The first-order valence-electron chi connectivity index (χ1n) is 8.16. The normalized spacial score (nSPS) is 21.7. The van der Waals surface area contributed by atoms with Gasteiger partial charge in [-0.05, 0) is 42.2 Å². The molecule has 1 unspecified atom stereocenters. The van der Waals surface area contributed by atoms with E-state index in [1.165, 1.54) is 12.1 Å². The average molecular weight is 396 g/mol. The molecule has 0 bridgehead atoms. The van der Waals surface area contributed by atoms with E-state index >= 15 is 0 Å². The Hall–Kier alpha value is -2.61. The summed E-state index contributed by atoms with van der Waals surface area (Å²) >= 11 is 5.98. The molecular weight excluding hydrogens is 383 g/mol. The lowest BCUT2D eigenvalue weighted by molar-refractivity contribution is -0.142. The smallest absolute Gasteiger partial charge is 0.319 e. The minimum absolute atomic E-state index is 0.236. The standard InChI is InChI=1S/C18H13ClF3N3O2/c19-12-3-4-13-10(8-12)5-6-17(13)15(26)25(16(27)24-17)9-11-2-1-7-23-14(11)18(20,21)22/h1-4,7-8H,5-6,9H2,(H,24,27). The molecule has 1 atom stereocenters. The fourth-order valence-electron chi connectivity index (χ4n) is 3.76. The average Bonchev–Trinajstić information content (AvgIpc) is 3.07. The van der Waals surface area contributed by atoms with Crippen molar-refractivity contribution in [2.75, 3.05) is 0 Å². The maximum atomic E-state index is 13.2. The lowest BCUT2D eigenvalue weighted by atomic mass is 9.92. The molecule has 0 radical (unpaired) electrons. The molecule has 1 aromatic heterocycles. The van der Waals surface area contributed by atoms with Gasteiger partial charge in [-0.25, -0.2) is 4.79 Å². The topological polar surface area (TPSA) is 62.3 Å². The van der Waals surface area contributed by atoms with E-state index in [2.05, 4.69) is 10.3 Å². The molecule has 2 heterocycles. The zero-order valence-electron chi connectivity index (χ0n) is 13.8. The Balaban J connectivity index is 1.69. The van der Waals surface area contributed by atoms with Crippen LogP contribution in [0.15, 0.2) is 36.5 Å². The van der Waals surface area contributed by atoms with Crippen LogP contribution >= 0.6 is 11.6 Å². The zero-order chi connectivity index (χ0) is 19.4. The number of halogens is 4. The van der Waals surface area contributed by atoms with Crippen LogP contribution in [0, 0.1) is 0 Å². The van der Waals surface area contributed by atoms with Gasteiger partial charge in [0.1, 0.15) is 11.2 Å². The van der Waals surface area contributed by atoms with Gasteiger partial charge in [0.15, 0.2) is 0 Å². The van der Waals surface area contributed by atoms with E-state index in [0.717, 1.165) is 16.7 Å². The first-order chi connectivity index (χ1) is 12.7. The van der Waals surface area contributed by atoms with E-state index in [4.69, 9.17) is 11.6 Å². The number of fused-ring (bicyclic) bond motifs is 2. The molecule has 2 aromatic rings. The molecule has 1 spiro atoms. The molecule has 1 fully saturated rings. The van der Waals surface area contributed by atoms with Gasteiger partial charge < -0.3 is 5.32 Å². The van der Waals surface area contributed by atoms with E-state index in [1.54, 1.807) is 18.2 Å². The molecule has 1 saturated heterocycles. The van der Waals surface area contributed by atoms with Crippen LogP contribution in [0.2, 0.25) is 5.02 Å². The largest absolute Gasteiger partial charge is 0.433 e. The number of nitrogens with one attached hydrogen (secondary N) is 1.